The molecular weight excluding hydrogens is 475 g/mol. The molecule has 4 amide bonds. The van der Waals surface area contributed by atoms with E-state index in [2.05, 4.69) is 10.6 Å². The first-order valence-corrected chi connectivity index (χ1v) is 8.38. The maximum absolute atomic E-state index is 12.3. The van der Waals surface area contributed by atoms with Crippen LogP contribution in [0.15, 0.2) is 0 Å². The highest BCUT2D eigenvalue weighted by Crippen LogP contribution is 2.13. The Kier molecular flexibility index (Phi) is 32.6. The molecule has 0 saturated carbocycles. The second-order valence-corrected chi connectivity index (χ2v) is 5.15. The number of amides is 4. The lowest BCUT2D eigenvalue weighted by atomic mass is 10.3. The standard InChI is InChI=1S/C14H23FN4O5.4F2/c1-2-24-8-4-12(21)17-6-5-16-11(20)3-7-19-13(22)9-10(18-15)14(19)23;4*1-2/h10,18H,2-9H2,1H3,(H,16,20)(H,17,21);;;;. The van der Waals surface area contributed by atoms with Crippen LogP contribution < -0.4 is 16.2 Å². The number of rotatable bonds is 11. The first kappa shape index (κ1) is 36.7. The lowest BCUT2D eigenvalue weighted by Gasteiger charge is -2.14. The van der Waals surface area contributed by atoms with Crippen LogP contribution in [0.4, 0.5) is 41.1 Å². The third-order valence-electron chi connectivity index (χ3n) is 3.39. The van der Waals surface area contributed by atoms with Gasteiger partial charge in [-0.25, -0.2) is 0 Å². The van der Waals surface area contributed by atoms with E-state index in [-0.39, 0.29) is 50.7 Å². The molecule has 9 nitrogen and oxygen atoms in total. The molecule has 1 unspecified atom stereocenters. The molecule has 1 fully saturated rings. The van der Waals surface area contributed by atoms with Crippen molar-refractivity contribution in [2.45, 2.75) is 32.2 Å². The number of halogens is 9. The molecule has 1 atom stereocenters. The Morgan fingerprint density at radius 2 is 1.41 bits per heavy atom. The average Bonchev–Trinajstić information content (AvgIpc) is 3.13. The maximum atomic E-state index is 12.3. The van der Waals surface area contributed by atoms with Gasteiger partial charge in [-0.2, -0.15) is 0 Å². The maximum Gasteiger partial charge on any atom is 0.249 e. The molecule has 0 aromatic carbocycles. The second-order valence-electron chi connectivity index (χ2n) is 5.15. The van der Waals surface area contributed by atoms with Crippen LogP contribution in [0.1, 0.15) is 26.2 Å². The van der Waals surface area contributed by atoms with Gasteiger partial charge in [-0.3, -0.25) is 24.1 Å². The van der Waals surface area contributed by atoms with E-state index in [1.165, 1.54) is 5.54 Å². The van der Waals surface area contributed by atoms with Crippen molar-refractivity contribution >= 4 is 23.6 Å². The van der Waals surface area contributed by atoms with E-state index in [9.17, 15) is 23.7 Å². The van der Waals surface area contributed by atoms with Gasteiger partial charge >= 0.3 is 0 Å². The molecular formula is C14H23F9N4O5. The van der Waals surface area contributed by atoms with Crippen molar-refractivity contribution < 1.29 is 65.0 Å². The zero-order valence-electron chi connectivity index (χ0n) is 16.6. The summed E-state index contributed by atoms with van der Waals surface area (Å²) < 4.78 is 81.3. The van der Waals surface area contributed by atoms with Gasteiger partial charge in [0.25, 0.3) is 0 Å². The molecule has 1 aliphatic heterocycles. The van der Waals surface area contributed by atoms with E-state index in [1.807, 2.05) is 6.92 Å². The monoisotopic (exact) mass is 498 g/mol. The number of carbonyl (C=O) groups excluding carboxylic acids is 4. The number of imide groups is 1. The molecule has 0 radical (unpaired) electrons. The van der Waals surface area contributed by atoms with Gasteiger partial charge < -0.3 is 15.4 Å². The van der Waals surface area contributed by atoms with Crippen molar-refractivity contribution in [1.29, 1.82) is 0 Å². The second kappa shape index (κ2) is 28.4. The molecule has 0 aromatic rings. The summed E-state index contributed by atoms with van der Waals surface area (Å²) in [6.45, 7) is 3.14. The average molecular weight is 498 g/mol. The van der Waals surface area contributed by atoms with Crippen molar-refractivity contribution in [2.75, 3.05) is 32.8 Å². The summed E-state index contributed by atoms with van der Waals surface area (Å²) in [6.07, 6.45) is -0.0652. The fraction of sp³-hybridized carbons (Fsp3) is 0.714. The van der Waals surface area contributed by atoms with Crippen LogP contribution in [-0.4, -0.2) is 67.4 Å². The van der Waals surface area contributed by atoms with Crippen LogP contribution in [0.2, 0.25) is 0 Å². The molecule has 18 heteroatoms. The third-order valence-corrected chi connectivity index (χ3v) is 3.39. The van der Waals surface area contributed by atoms with Crippen LogP contribution in [0.3, 0.4) is 0 Å². The normalized spacial score (nSPS) is 13.7. The van der Waals surface area contributed by atoms with E-state index in [0.717, 1.165) is 4.90 Å². The van der Waals surface area contributed by atoms with Crippen molar-refractivity contribution in [1.82, 2.24) is 21.1 Å². The lowest BCUT2D eigenvalue weighted by molar-refractivity contribution is -0.139. The smallest absolute Gasteiger partial charge is 0.249 e. The van der Waals surface area contributed by atoms with Gasteiger partial charge in [0.05, 0.1) is 13.0 Å². The van der Waals surface area contributed by atoms with Crippen LogP contribution in [0.5, 0.6) is 0 Å². The fourth-order valence-corrected chi connectivity index (χ4v) is 2.11. The van der Waals surface area contributed by atoms with Crippen LogP contribution >= 0.6 is 0 Å². The first-order valence-electron chi connectivity index (χ1n) is 8.38. The predicted octanol–water partition coefficient (Wildman–Crippen LogP) is 2.00. The summed E-state index contributed by atoms with van der Waals surface area (Å²) in [4.78, 5) is 47.0. The molecule has 0 aliphatic carbocycles. The number of carbonyl (C=O) groups is 4. The number of ether oxygens (including phenoxy) is 1. The summed E-state index contributed by atoms with van der Waals surface area (Å²) in [5, 5.41) is 5.18. The van der Waals surface area contributed by atoms with Crippen molar-refractivity contribution in [3.05, 3.63) is 0 Å². The van der Waals surface area contributed by atoms with Gasteiger partial charge in [0.1, 0.15) is 6.04 Å². The van der Waals surface area contributed by atoms with E-state index in [4.69, 9.17) is 41.3 Å². The highest BCUT2D eigenvalue weighted by Gasteiger charge is 2.38. The fourth-order valence-electron chi connectivity index (χ4n) is 2.11. The zero-order valence-corrected chi connectivity index (χ0v) is 16.6. The summed E-state index contributed by atoms with van der Waals surface area (Å²) in [5.41, 5.74) is 1.27. The molecule has 0 spiro atoms. The molecule has 1 saturated heterocycles. The predicted molar refractivity (Wildman–Crippen MR) is 90.0 cm³/mol. The Bertz CT molecular complexity index is 496. The summed E-state index contributed by atoms with van der Waals surface area (Å²) in [7, 11) is 0. The summed E-state index contributed by atoms with van der Waals surface area (Å²) in [6, 6.07) is -1.16. The quantitative estimate of drug-likeness (QED) is 0.174. The van der Waals surface area contributed by atoms with Gasteiger partial charge in [0, 0.05) is 75.7 Å². The molecule has 3 N–H and O–H groups in total. The number of hydrogen-bond donors (Lipinski definition) is 3. The van der Waals surface area contributed by atoms with Crippen LogP contribution in [0, 0.1) is 0 Å². The molecule has 32 heavy (non-hydrogen) atoms. The van der Waals surface area contributed by atoms with Crippen molar-refractivity contribution in [3.8, 4) is 0 Å². The minimum atomic E-state index is -1.16. The Morgan fingerprint density at radius 1 is 0.938 bits per heavy atom. The first-order chi connectivity index (χ1) is 15.5. The topological polar surface area (TPSA) is 117 Å². The highest BCUT2D eigenvalue weighted by atomic mass is 20.0. The number of hydrogen-bond acceptors (Lipinski definition) is 6. The van der Waals surface area contributed by atoms with Crippen LogP contribution in [-0.2, 0) is 23.9 Å². The van der Waals surface area contributed by atoms with Gasteiger partial charge in [-0.05, 0) is 6.92 Å². The Morgan fingerprint density at radius 3 is 1.81 bits per heavy atom. The largest absolute Gasteiger partial charge is 0.381 e. The van der Waals surface area contributed by atoms with E-state index < -0.39 is 17.9 Å². The molecule has 1 aliphatic rings. The Hall–Kier alpha value is -2.63. The van der Waals surface area contributed by atoms with E-state index in [1.54, 1.807) is 0 Å². The molecule has 192 valence electrons. The Balaban J connectivity index is -0.000000439. The molecule has 0 bridgehead atoms. The van der Waals surface area contributed by atoms with Crippen molar-refractivity contribution in [3.63, 3.8) is 0 Å². The molecule has 1 rings (SSSR count). The third kappa shape index (κ3) is 18.2. The number of nitrogens with one attached hydrogen (secondary N) is 3. The van der Waals surface area contributed by atoms with Gasteiger partial charge in [0.15, 0.2) is 0 Å². The molecule has 1 heterocycles. The van der Waals surface area contributed by atoms with E-state index >= 15 is 0 Å². The number of nitrogens with zero attached hydrogens (tertiary/aromatic N) is 1. The van der Waals surface area contributed by atoms with Gasteiger partial charge in [-0.1, -0.05) is 0 Å². The summed E-state index contributed by atoms with van der Waals surface area (Å²) >= 11 is 0. The summed E-state index contributed by atoms with van der Waals surface area (Å²) in [5.74, 6) is -1.71. The minimum absolute atomic E-state index is 0.0746. The van der Waals surface area contributed by atoms with Gasteiger partial charge in [0.2, 0.25) is 23.6 Å². The van der Waals surface area contributed by atoms with Crippen LogP contribution in [0.25, 0.3) is 0 Å². The lowest BCUT2D eigenvalue weighted by Crippen LogP contribution is -2.39. The van der Waals surface area contributed by atoms with E-state index in [0.29, 0.717) is 13.2 Å². The SMILES string of the molecule is CCOCCC(=O)NCCNC(=O)CCN1C(=O)CC(NF)C1=O.FF.FF.FF.FF. The zero-order chi connectivity index (χ0) is 25.9. The van der Waals surface area contributed by atoms with Gasteiger partial charge in [-0.15, -0.1) is 10.0 Å². The number of likely N-dealkylation sites (tertiary alicyclic amines) is 1. The molecule has 0 aromatic heterocycles. The highest BCUT2D eigenvalue weighted by molar-refractivity contribution is 6.05. The minimum Gasteiger partial charge on any atom is -0.381 e. The van der Waals surface area contributed by atoms with Crippen molar-refractivity contribution in [2.24, 2.45) is 0 Å². The Labute approximate surface area is 176 Å².